The van der Waals surface area contributed by atoms with Crippen LogP contribution in [-0.4, -0.2) is 49.2 Å². The predicted molar refractivity (Wildman–Crippen MR) is 76.0 cm³/mol. The number of carbonyl (C=O) groups excluding carboxylic acids is 1. The average molecular weight is 268 g/mol. The number of likely N-dealkylation sites (tertiary alicyclic amines) is 1. The van der Waals surface area contributed by atoms with Gasteiger partial charge in [0, 0.05) is 25.7 Å². The molecule has 0 radical (unpaired) electrons. The molecule has 4 nitrogen and oxygen atoms in total. The molecule has 0 aromatic heterocycles. The lowest BCUT2D eigenvalue weighted by atomic mass is 10.00. The van der Waals surface area contributed by atoms with Gasteiger partial charge in [0.1, 0.15) is 0 Å². The van der Waals surface area contributed by atoms with E-state index < -0.39 is 0 Å². The van der Waals surface area contributed by atoms with Crippen LogP contribution in [0.25, 0.3) is 0 Å². The molecule has 0 saturated carbocycles. The van der Waals surface area contributed by atoms with E-state index >= 15 is 0 Å². The largest absolute Gasteiger partial charge is 0.381 e. The van der Waals surface area contributed by atoms with Gasteiger partial charge in [0.25, 0.3) is 0 Å². The fourth-order valence-electron chi connectivity index (χ4n) is 3.11. The van der Waals surface area contributed by atoms with E-state index in [4.69, 9.17) is 4.74 Å². The number of hydrogen-bond acceptors (Lipinski definition) is 3. The molecule has 2 aliphatic heterocycles. The maximum atomic E-state index is 12.4. The fraction of sp³-hybridized carbons (Fsp3) is 0.933. The highest BCUT2D eigenvalue weighted by Gasteiger charge is 2.27. The summed E-state index contributed by atoms with van der Waals surface area (Å²) in [5.74, 6) is 0.826. The van der Waals surface area contributed by atoms with E-state index in [0.29, 0.717) is 12.0 Å². The van der Waals surface area contributed by atoms with Gasteiger partial charge in [-0.3, -0.25) is 4.79 Å². The zero-order chi connectivity index (χ0) is 13.7. The van der Waals surface area contributed by atoms with Crippen LogP contribution >= 0.6 is 0 Å². The highest BCUT2D eigenvalue weighted by molar-refractivity contribution is 5.81. The number of nitrogens with zero attached hydrogens (tertiary/aromatic N) is 1. The summed E-state index contributed by atoms with van der Waals surface area (Å²) in [6, 6.07) is 0.280. The molecule has 0 spiro atoms. The molecule has 2 heterocycles. The molecule has 3 unspecified atom stereocenters. The topological polar surface area (TPSA) is 41.6 Å². The van der Waals surface area contributed by atoms with E-state index in [1.807, 2.05) is 11.8 Å². The van der Waals surface area contributed by atoms with Crippen molar-refractivity contribution in [1.82, 2.24) is 10.2 Å². The highest BCUT2D eigenvalue weighted by atomic mass is 16.5. The van der Waals surface area contributed by atoms with Crippen molar-refractivity contribution in [2.45, 2.75) is 58.0 Å². The fourth-order valence-corrected chi connectivity index (χ4v) is 3.11. The molecule has 1 amide bonds. The first-order valence-electron chi connectivity index (χ1n) is 7.81. The molecule has 0 bridgehead atoms. The number of rotatable bonds is 4. The molecule has 1 N–H and O–H groups in total. The van der Waals surface area contributed by atoms with E-state index in [9.17, 15) is 4.79 Å². The van der Waals surface area contributed by atoms with Crippen LogP contribution < -0.4 is 5.32 Å². The second kappa shape index (κ2) is 7.25. The van der Waals surface area contributed by atoms with Crippen LogP contribution in [0.5, 0.6) is 0 Å². The summed E-state index contributed by atoms with van der Waals surface area (Å²) in [6.45, 7) is 7.74. The second-order valence-corrected chi connectivity index (χ2v) is 6.04. The Bertz CT molecular complexity index is 282. The van der Waals surface area contributed by atoms with E-state index in [-0.39, 0.29) is 11.9 Å². The summed E-state index contributed by atoms with van der Waals surface area (Å²) in [5, 5.41) is 3.47. The molecule has 19 heavy (non-hydrogen) atoms. The molecule has 3 atom stereocenters. The molecular weight excluding hydrogens is 240 g/mol. The molecule has 0 aromatic rings. The van der Waals surface area contributed by atoms with Crippen LogP contribution in [0.1, 0.15) is 46.0 Å². The number of hydrogen-bond donors (Lipinski definition) is 1. The van der Waals surface area contributed by atoms with Crippen molar-refractivity contribution in [2.75, 3.05) is 26.3 Å². The van der Waals surface area contributed by atoms with Gasteiger partial charge < -0.3 is 15.0 Å². The van der Waals surface area contributed by atoms with Gasteiger partial charge in [-0.2, -0.15) is 0 Å². The summed E-state index contributed by atoms with van der Waals surface area (Å²) in [7, 11) is 0. The van der Waals surface area contributed by atoms with Crippen molar-refractivity contribution in [2.24, 2.45) is 5.92 Å². The maximum absolute atomic E-state index is 12.4. The van der Waals surface area contributed by atoms with Crippen molar-refractivity contribution < 1.29 is 9.53 Å². The van der Waals surface area contributed by atoms with Crippen LogP contribution in [0, 0.1) is 5.92 Å². The van der Waals surface area contributed by atoms with E-state index in [0.717, 1.165) is 45.6 Å². The summed E-state index contributed by atoms with van der Waals surface area (Å²) in [4.78, 5) is 14.5. The Morgan fingerprint density at radius 3 is 2.47 bits per heavy atom. The zero-order valence-electron chi connectivity index (χ0n) is 12.4. The molecule has 2 aliphatic rings. The van der Waals surface area contributed by atoms with Crippen molar-refractivity contribution in [3.63, 3.8) is 0 Å². The lowest BCUT2D eigenvalue weighted by Gasteiger charge is -2.28. The SMILES string of the molecule is CC(NC(C)C1CCOC1)C(=O)N1CCCCCC1. The summed E-state index contributed by atoms with van der Waals surface area (Å²) in [6.07, 6.45) is 5.95. The molecule has 0 aromatic carbocycles. The van der Waals surface area contributed by atoms with Crippen LogP contribution in [-0.2, 0) is 9.53 Å². The Balaban J connectivity index is 1.80. The van der Waals surface area contributed by atoms with Gasteiger partial charge >= 0.3 is 0 Å². The lowest BCUT2D eigenvalue weighted by molar-refractivity contribution is -0.133. The van der Waals surface area contributed by atoms with Crippen molar-refractivity contribution >= 4 is 5.91 Å². The number of ether oxygens (including phenoxy) is 1. The van der Waals surface area contributed by atoms with Gasteiger partial charge in [0.05, 0.1) is 12.6 Å². The molecule has 0 aliphatic carbocycles. The number of amides is 1. The van der Waals surface area contributed by atoms with Gasteiger partial charge in [0.15, 0.2) is 0 Å². The minimum Gasteiger partial charge on any atom is -0.381 e. The Kier molecular flexibility index (Phi) is 5.64. The molecule has 110 valence electrons. The van der Waals surface area contributed by atoms with Gasteiger partial charge in [-0.25, -0.2) is 0 Å². The second-order valence-electron chi connectivity index (χ2n) is 6.04. The molecule has 2 fully saturated rings. The van der Waals surface area contributed by atoms with Crippen molar-refractivity contribution in [3.8, 4) is 0 Å². The lowest BCUT2D eigenvalue weighted by Crippen LogP contribution is -2.49. The first-order chi connectivity index (χ1) is 9.18. The highest BCUT2D eigenvalue weighted by Crippen LogP contribution is 2.17. The summed E-state index contributed by atoms with van der Waals surface area (Å²) in [5.41, 5.74) is 0. The van der Waals surface area contributed by atoms with Crippen molar-refractivity contribution in [3.05, 3.63) is 0 Å². The number of carbonyl (C=O) groups is 1. The molecule has 2 rings (SSSR count). The quantitative estimate of drug-likeness (QED) is 0.845. The standard InChI is InChI=1S/C15H28N2O2/c1-12(14-7-10-19-11-14)16-13(2)15(18)17-8-5-3-4-6-9-17/h12-14,16H,3-11H2,1-2H3. The third kappa shape index (κ3) is 4.18. The maximum Gasteiger partial charge on any atom is 0.239 e. The average Bonchev–Trinajstić information content (AvgIpc) is 2.81. The summed E-state index contributed by atoms with van der Waals surface area (Å²) >= 11 is 0. The van der Waals surface area contributed by atoms with Crippen LogP contribution in [0.3, 0.4) is 0 Å². The van der Waals surface area contributed by atoms with Crippen LogP contribution in [0.4, 0.5) is 0 Å². The summed E-state index contributed by atoms with van der Waals surface area (Å²) < 4.78 is 5.42. The Hall–Kier alpha value is -0.610. The molecule has 2 saturated heterocycles. The van der Waals surface area contributed by atoms with Gasteiger partial charge in [-0.05, 0) is 39.0 Å². The van der Waals surface area contributed by atoms with Gasteiger partial charge in [0.2, 0.25) is 5.91 Å². The minimum absolute atomic E-state index is 0.0753. The van der Waals surface area contributed by atoms with E-state index in [1.54, 1.807) is 0 Å². The van der Waals surface area contributed by atoms with Crippen LogP contribution in [0.2, 0.25) is 0 Å². The zero-order valence-corrected chi connectivity index (χ0v) is 12.4. The first-order valence-corrected chi connectivity index (χ1v) is 7.81. The Morgan fingerprint density at radius 2 is 1.89 bits per heavy atom. The van der Waals surface area contributed by atoms with Gasteiger partial charge in [-0.1, -0.05) is 12.8 Å². The smallest absolute Gasteiger partial charge is 0.239 e. The Labute approximate surface area is 116 Å². The van der Waals surface area contributed by atoms with E-state index in [1.165, 1.54) is 12.8 Å². The Morgan fingerprint density at radius 1 is 1.21 bits per heavy atom. The predicted octanol–water partition coefficient (Wildman–Crippen LogP) is 1.79. The molecule has 4 heteroatoms. The number of nitrogens with one attached hydrogen (secondary N) is 1. The normalized spacial score (nSPS) is 27.9. The third-order valence-electron chi connectivity index (χ3n) is 4.47. The third-order valence-corrected chi connectivity index (χ3v) is 4.47. The van der Waals surface area contributed by atoms with Crippen molar-refractivity contribution in [1.29, 1.82) is 0 Å². The van der Waals surface area contributed by atoms with E-state index in [2.05, 4.69) is 12.2 Å². The first kappa shape index (κ1) is 14.8. The molecular formula is C15H28N2O2. The monoisotopic (exact) mass is 268 g/mol. The van der Waals surface area contributed by atoms with Gasteiger partial charge in [-0.15, -0.1) is 0 Å². The minimum atomic E-state index is -0.0753. The van der Waals surface area contributed by atoms with Crippen LogP contribution in [0.15, 0.2) is 0 Å².